The molecule has 21 heavy (non-hydrogen) atoms. The van der Waals surface area contributed by atoms with Gasteiger partial charge in [0.1, 0.15) is 0 Å². The number of hydrogen-bond acceptors (Lipinski definition) is 2. The van der Waals surface area contributed by atoms with Crippen LogP contribution in [0, 0.1) is 0 Å². The first kappa shape index (κ1) is 15.1. The number of rotatable bonds is 2. The zero-order valence-electron chi connectivity index (χ0n) is 12.1. The molecule has 2 unspecified atom stereocenters. The van der Waals surface area contributed by atoms with E-state index in [1.165, 1.54) is 0 Å². The van der Waals surface area contributed by atoms with E-state index in [4.69, 9.17) is 16.3 Å². The molecule has 2 atom stereocenters. The van der Waals surface area contributed by atoms with Crippen LogP contribution in [0.15, 0.2) is 21.4 Å². The van der Waals surface area contributed by atoms with Crippen LogP contribution < -0.4 is 5.69 Å². The second kappa shape index (κ2) is 5.78. The van der Waals surface area contributed by atoms with E-state index in [1.54, 1.807) is 23.2 Å². The molecule has 114 valence electrons. The van der Waals surface area contributed by atoms with Gasteiger partial charge in [0.05, 0.1) is 22.5 Å². The van der Waals surface area contributed by atoms with Crippen LogP contribution in [-0.2, 0) is 18.8 Å². The quantitative estimate of drug-likeness (QED) is 0.756. The lowest BCUT2D eigenvalue weighted by Crippen LogP contribution is -2.23. The fraction of sp³-hybridized carbons (Fsp3) is 0.533. The number of nitrogens with zero attached hydrogens (tertiary/aromatic N) is 2. The van der Waals surface area contributed by atoms with E-state index in [-0.39, 0.29) is 17.2 Å². The average Bonchev–Trinajstić information content (AvgIpc) is 2.71. The Balaban J connectivity index is 2.08. The average molecular weight is 374 g/mol. The molecule has 2 heterocycles. The van der Waals surface area contributed by atoms with Gasteiger partial charge >= 0.3 is 5.69 Å². The van der Waals surface area contributed by atoms with E-state index >= 15 is 0 Å². The third-order valence-electron chi connectivity index (χ3n) is 4.23. The van der Waals surface area contributed by atoms with Crippen LogP contribution in [0.4, 0.5) is 0 Å². The van der Waals surface area contributed by atoms with Crippen molar-refractivity contribution in [3.63, 3.8) is 0 Å². The number of alkyl halides is 1. The number of imidazole rings is 1. The van der Waals surface area contributed by atoms with E-state index < -0.39 is 0 Å². The van der Waals surface area contributed by atoms with Crippen molar-refractivity contribution in [3.05, 3.63) is 32.7 Å². The fourth-order valence-electron chi connectivity index (χ4n) is 2.94. The van der Waals surface area contributed by atoms with Crippen LogP contribution in [0.3, 0.4) is 0 Å². The normalized spacial score (nSPS) is 20.9. The highest BCUT2D eigenvalue weighted by Crippen LogP contribution is 2.37. The summed E-state index contributed by atoms with van der Waals surface area (Å²) in [5.74, 6) is 0. The molecule has 1 saturated heterocycles. The van der Waals surface area contributed by atoms with Crippen molar-refractivity contribution in [2.45, 2.75) is 30.7 Å². The molecule has 0 saturated carbocycles. The lowest BCUT2D eigenvalue weighted by molar-refractivity contribution is 0.0135. The number of aromatic nitrogens is 2. The zero-order valence-corrected chi connectivity index (χ0v) is 14.4. The number of fused-ring (bicyclic) bond motifs is 1. The SMILES string of the molecule is Cn1c(=O)n(C)c2cc(C(Cl)C3CCCCO3)c(Br)cc21. The van der Waals surface area contributed by atoms with Gasteiger partial charge in [0.15, 0.2) is 0 Å². The van der Waals surface area contributed by atoms with Crippen molar-refractivity contribution < 1.29 is 4.74 Å². The number of hydrogen-bond donors (Lipinski definition) is 0. The van der Waals surface area contributed by atoms with Gasteiger partial charge in [0.2, 0.25) is 0 Å². The molecule has 0 amide bonds. The molecule has 0 radical (unpaired) electrons. The van der Waals surface area contributed by atoms with Crippen LogP contribution in [0.2, 0.25) is 0 Å². The third kappa shape index (κ3) is 2.56. The van der Waals surface area contributed by atoms with Crippen LogP contribution in [0.1, 0.15) is 30.2 Å². The van der Waals surface area contributed by atoms with Crippen molar-refractivity contribution >= 4 is 38.6 Å². The maximum Gasteiger partial charge on any atom is 0.328 e. The summed E-state index contributed by atoms with van der Waals surface area (Å²) in [6.07, 6.45) is 3.27. The Kier molecular flexibility index (Phi) is 4.17. The van der Waals surface area contributed by atoms with Crippen molar-refractivity contribution in [1.29, 1.82) is 0 Å². The molecule has 1 fully saturated rings. The van der Waals surface area contributed by atoms with Gasteiger partial charge in [-0.2, -0.15) is 0 Å². The molecule has 0 bridgehead atoms. The molecule has 1 aliphatic rings. The van der Waals surface area contributed by atoms with Crippen molar-refractivity contribution in [3.8, 4) is 0 Å². The van der Waals surface area contributed by atoms with Gasteiger partial charge in [0, 0.05) is 25.2 Å². The lowest BCUT2D eigenvalue weighted by Gasteiger charge is -2.27. The maximum absolute atomic E-state index is 12.0. The van der Waals surface area contributed by atoms with Gasteiger partial charge < -0.3 is 4.74 Å². The van der Waals surface area contributed by atoms with Crippen LogP contribution >= 0.6 is 27.5 Å². The van der Waals surface area contributed by atoms with Gasteiger partial charge in [-0.1, -0.05) is 15.9 Å². The number of ether oxygens (including phenoxy) is 1. The van der Waals surface area contributed by atoms with E-state index in [2.05, 4.69) is 15.9 Å². The molecule has 0 spiro atoms. The van der Waals surface area contributed by atoms with Gasteiger partial charge in [-0.05, 0) is 37.0 Å². The Morgan fingerprint density at radius 3 is 2.57 bits per heavy atom. The minimum Gasteiger partial charge on any atom is -0.376 e. The van der Waals surface area contributed by atoms with E-state index in [9.17, 15) is 4.79 Å². The Morgan fingerprint density at radius 2 is 1.95 bits per heavy atom. The summed E-state index contributed by atoms with van der Waals surface area (Å²) in [5.41, 5.74) is 2.74. The van der Waals surface area contributed by atoms with Crippen LogP contribution in [0.5, 0.6) is 0 Å². The standard InChI is InChI=1S/C15H18BrClN2O2/c1-18-11-7-9(14(17)13-5-3-4-6-21-13)10(16)8-12(11)19(2)15(18)20/h7-8,13-14H,3-6H2,1-2H3. The summed E-state index contributed by atoms with van der Waals surface area (Å²) < 4.78 is 10.0. The second-order valence-electron chi connectivity index (χ2n) is 5.57. The fourth-order valence-corrected chi connectivity index (χ4v) is 4.03. The van der Waals surface area contributed by atoms with Crippen LogP contribution in [0.25, 0.3) is 11.0 Å². The van der Waals surface area contributed by atoms with Gasteiger partial charge in [0.25, 0.3) is 0 Å². The highest BCUT2D eigenvalue weighted by Gasteiger charge is 2.26. The van der Waals surface area contributed by atoms with Crippen molar-refractivity contribution in [1.82, 2.24) is 9.13 Å². The summed E-state index contributed by atoms with van der Waals surface area (Å²) in [6, 6.07) is 3.96. The Morgan fingerprint density at radius 1 is 1.29 bits per heavy atom. The summed E-state index contributed by atoms with van der Waals surface area (Å²) in [4.78, 5) is 12.0. The smallest absolute Gasteiger partial charge is 0.328 e. The monoisotopic (exact) mass is 372 g/mol. The van der Waals surface area contributed by atoms with Gasteiger partial charge in [-0.25, -0.2) is 4.79 Å². The molecule has 6 heteroatoms. The molecule has 3 rings (SSSR count). The molecule has 4 nitrogen and oxygen atoms in total. The van der Waals surface area contributed by atoms with Crippen molar-refractivity contribution in [2.75, 3.05) is 6.61 Å². The first-order chi connectivity index (χ1) is 10.0. The molecule has 1 aromatic heterocycles. The number of benzene rings is 1. The Hall–Kier alpha value is -0.780. The Labute approximate surface area is 136 Å². The van der Waals surface area contributed by atoms with Gasteiger partial charge in [-0.3, -0.25) is 9.13 Å². The summed E-state index contributed by atoms with van der Waals surface area (Å²) in [7, 11) is 3.56. The van der Waals surface area contributed by atoms with E-state index in [1.807, 2.05) is 12.1 Å². The molecule has 0 aliphatic carbocycles. The summed E-state index contributed by atoms with van der Waals surface area (Å²) >= 11 is 10.2. The van der Waals surface area contributed by atoms with Gasteiger partial charge in [-0.15, -0.1) is 11.6 Å². The number of aryl methyl sites for hydroxylation is 2. The maximum atomic E-state index is 12.0. The third-order valence-corrected chi connectivity index (χ3v) is 5.43. The Bertz CT molecular complexity index is 731. The van der Waals surface area contributed by atoms with E-state index in [0.29, 0.717) is 0 Å². The number of halogens is 2. The predicted molar refractivity (Wildman–Crippen MR) is 88.0 cm³/mol. The second-order valence-corrected chi connectivity index (χ2v) is 6.89. The summed E-state index contributed by atoms with van der Waals surface area (Å²) in [5, 5.41) is -0.209. The molecular formula is C15H18BrClN2O2. The first-order valence-electron chi connectivity index (χ1n) is 7.11. The molecule has 1 aliphatic heterocycles. The topological polar surface area (TPSA) is 36.2 Å². The first-order valence-corrected chi connectivity index (χ1v) is 8.34. The molecular weight excluding hydrogens is 356 g/mol. The zero-order chi connectivity index (χ0) is 15.1. The molecule has 1 aromatic carbocycles. The molecule has 2 aromatic rings. The highest BCUT2D eigenvalue weighted by molar-refractivity contribution is 9.10. The minimum atomic E-state index is -0.209. The summed E-state index contributed by atoms with van der Waals surface area (Å²) in [6.45, 7) is 0.775. The molecule has 0 N–H and O–H groups in total. The van der Waals surface area contributed by atoms with E-state index in [0.717, 1.165) is 46.9 Å². The predicted octanol–water partition coefficient (Wildman–Crippen LogP) is 3.49. The van der Waals surface area contributed by atoms with Crippen LogP contribution in [-0.4, -0.2) is 21.8 Å². The van der Waals surface area contributed by atoms with Crippen molar-refractivity contribution in [2.24, 2.45) is 14.1 Å². The highest BCUT2D eigenvalue weighted by atomic mass is 79.9. The largest absolute Gasteiger partial charge is 0.376 e. The minimum absolute atomic E-state index is 0.0333. The lowest BCUT2D eigenvalue weighted by atomic mass is 10.0.